The predicted octanol–water partition coefficient (Wildman–Crippen LogP) is 3.84. The highest BCUT2D eigenvalue weighted by atomic mass is 16.6. The van der Waals surface area contributed by atoms with E-state index < -0.39 is 11.7 Å². The molecule has 32 heavy (non-hydrogen) atoms. The van der Waals surface area contributed by atoms with Crippen molar-refractivity contribution in [2.45, 2.75) is 39.0 Å². The van der Waals surface area contributed by atoms with Gasteiger partial charge in [-0.3, -0.25) is 4.90 Å². The van der Waals surface area contributed by atoms with Crippen LogP contribution in [0, 0.1) is 0 Å². The van der Waals surface area contributed by atoms with Crippen LogP contribution in [0.2, 0.25) is 0 Å². The van der Waals surface area contributed by atoms with Crippen LogP contribution in [0.5, 0.6) is 11.5 Å². The van der Waals surface area contributed by atoms with Crippen molar-refractivity contribution in [3.63, 3.8) is 0 Å². The van der Waals surface area contributed by atoms with Gasteiger partial charge < -0.3 is 24.2 Å². The lowest BCUT2D eigenvalue weighted by molar-refractivity contribution is 0.0139. The fraction of sp³-hybridized carbons (Fsp3) is 0.480. The summed E-state index contributed by atoms with van der Waals surface area (Å²) in [5, 5.41) is 10.8. The predicted molar refractivity (Wildman–Crippen MR) is 123 cm³/mol. The SMILES string of the molecule is COc1ccc(C(O)c2ccc(CN3CCN(C(=O)OC(C)(C)C)CC3)cc2)cc1OC. The van der Waals surface area contributed by atoms with Crippen molar-refractivity contribution in [1.82, 2.24) is 9.80 Å². The highest BCUT2D eigenvalue weighted by Gasteiger charge is 2.25. The third kappa shape index (κ3) is 6.14. The highest BCUT2D eigenvalue weighted by Crippen LogP contribution is 2.32. The first kappa shape index (κ1) is 23.9. The van der Waals surface area contributed by atoms with Crippen LogP contribution in [0.4, 0.5) is 4.79 Å². The molecule has 2 aromatic rings. The summed E-state index contributed by atoms with van der Waals surface area (Å²) >= 11 is 0. The minimum absolute atomic E-state index is 0.245. The summed E-state index contributed by atoms with van der Waals surface area (Å²) < 4.78 is 16.1. The minimum atomic E-state index is -0.749. The minimum Gasteiger partial charge on any atom is -0.493 e. The van der Waals surface area contributed by atoms with Crippen LogP contribution in [0.25, 0.3) is 0 Å². The maximum atomic E-state index is 12.2. The summed E-state index contributed by atoms with van der Waals surface area (Å²) in [6.45, 7) is 9.36. The lowest BCUT2D eigenvalue weighted by atomic mass is 10.00. The molecule has 1 aliphatic heterocycles. The van der Waals surface area contributed by atoms with Gasteiger partial charge in [-0.1, -0.05) is 30.3 Å². The summed E-state index contributed by atoms with van der Waals surface area (Å²) in [5.74, 6) is 1.22. The first-order valence-corrected chi connectivity index (χ1v) is 10.9. The van der Waals surface area contributed by atoms with Crippen molar-refractivity contribution in [3.8, 4) is 11.5 Å². The Morgan fingerprint density at radius 1 is 0.938 bits per heavy atom. The first-order chi connectivity index (χ1) is 15.2. The van der Waals surface area contributed by atoms with Crippen molar-refractivity contribution in [2.24, 2.45) is 0 Å². The van der Waals surface area contributed by atoms with Gasteiger partial charge in [0, 0.05) is 32.7 Å². The number of hydrogen-bond donors (Lipinski definition) is 1. The number of aliphatic hydroxyl groups is 1. The summed E-state index contributed by atoms with van der Waals surface area (Å²) in [6, 6.07) is 13.4. The van der Waals surface area contributed by atoms with E-state index >= 15 is 0 Å². The van der Waals surface area contributed by atoms with E-state index in [1.165, 1.54) is 5.56 Å². The molecular formula is C25H34N2O5. The molecule has 1 fully saturated rings. The van der Waals surface area contributed by atoms with Gasteiger partial charge in [-0.15, -0.1) is 0 Å². The van der Waals surface area contributed by atoms with Gasteiger partial charge in [0.15, 0.2) is 11.5 Å². The smallest absolute Gasteiger partial charge is 0.410 e. The Labute approximate surface area is 190 Å². The molecule has 0 bridgehead atoms. The number of carbonyl (C=O) groups excluding carboxylic acids is 1. The quantitative estimate of drug-likeness (QED) is 0.733. The molecule has 0 aromatic heterocycles. The first-order valence-electron chi connectivity index (χ1n) is 10.9. The van der Waals surface area contributed by atoms with E-state index in [0.29, 0.717) is 24.6 Å². The molecule has 7 nitrogen and oxygen atoms in total. The molecule has 1 saturated heterocycles. The molecule has 7 heteroatoms. The molecule has 0 spiro atoms. The molecule has 174 valence electrons. The average molecular weight is 443 g/mol. The topological polar surface area (TPSA) is 71.5 Å². The van der Waals surface area contributed by atoms with Gasteiger partial charge >= 0.3 is 6.09 Å². The van der Waals surface area contributed by atoms with E-state index in [1.54, 1.807) is 31.3 Å². The lowest BCUT2D eigenvalue weighted by Gasteiger charge is -2.35. The van der Waals surface area contributed by atoms with Crippen molar-refractivity contribution in [1.29, 1.82) is 0 Å². The molecule has 1 N–H and O–H groups in total. The van der Waals surface area contributed by atoms with Crippen LogP contribution < -0.4 is 9.47 Å². The third-order valence-electron chi connectivity index (χ3n) is 5.45. The third-order valence-corrected chi connectivity index (χ3v) is 5.45. The second-order valence-electron chi connectivity index (χ2n) is 9.00. The largest absolute Gasteiger partial charge is 0.493 e. The number of benzene rings is 2. The standard InChI is InChI=1S/C25H34N2O5/c1-25(2,3)32-24(29)27-14-12-26(13-15-27)17-18-6-8-19(9-7-18)23(28)20-10-11-21(30-4)22(16-20)31-5/h6-11,16,23,28H,12-15,17H2,1-5H3. The number of piperazine rings is 1. The van der Waals surface area contributed by atoms with Crippen molar-refractivity contribution in [3.05, 3.63) is 59.2 Å². The summed E-state index contributed by atoms with van der Waals surface area (Å²) in [4.78, 5) is 16.3. The molecule has 2 aromatic carbocycles. The zero-order valence-electron chi connectivity index (χ0n) is 19.6. The number of rotatable bonds is 6. The molecule has 1 aliphatic rings. The maximum absolute atomic E-state index is 12.2. The van der Waals surface area contributed by atoms with Crippen molar-refractivity contribution < 1.29 is 24.1 Å². The van der Waals surface area contributed by atoms with Crippen LogP contribution in [-0.2, 0) is 11.3 Å². The zero-order chi connectivity index (χ0) is 23.3. The number of carbonyl (C=O) groups is 1. The van der Waals surface area contributed by atoms with Crippen LogP contribution in [0.1, 0.15) is 43.6 Å². The Morgan fingerprint density at radius 2 is 1.53 bits per heavy atom. The second kappa shape index (κ2) is 10.2. The van der Waals surface area contributed by atoms with Gasteiger partial charge in [0.05, 0.1) is 14.2 Å². The molecule has 1 atom stereocenters. The lowest BCUT2D eigenvalue weighted by Crippen LogP contribution is -2.49. The summed E-state index contributed by atoms with van der Waals surface area (Å²) in [6.07, 6.45) is -0.994. The number of amides is 1. The molecule has 0 saturated carbocycles. The molecule has 0 aliphatic carbocycles. The van der Waals surface area contributed by atoms with E-state index in [2.05, 4.69) is 4.90 Å². The van der Waals surface area contributed by atoms with Crippen molar-refractivity contribution in [2.75, 3.05) is 40.4 Å². The van der Waals surface area contributed by atoms with E-state index in [-0.39, 0.29) is 6.09 Å². The Morgan fingerprint density at radius 3 is 2.09 bits per heavy atom. The number of methoxy groups -OCH3 is 2. The molecule has 1 amide bonds. The number of nitrogens with zero attached hydrogens (tertiary/aromatic N) is 2. The summed E-state index contributed by atoms with van der Waals surface area (Å²) in [5.41, 5.74) is 2.25. The van der Waals surface area contributed by atoms with Crippen LogP contribution in [0.3, 0.4) is 0 Å². The molecular weight excluding hydrogens is 408 g/mol. The Balaban J connectivity index is 1.56. The van der Waals surface area contributed by atoms with Crippen LogP contribution >= 0.6 is 0 Å². The number of aliphatic hydroxyl groups excluding tert-OH is 1. The van der Waals surface area contributed by atoms with Crippen LogP contribution in [0.15, 0.2) is 42.5 Å². The summed E-state index contributed by atoms with van der Waals surface area (Å²) in [7, 11) is 3.17. The van der Waals surface area contributed by atoms with Crippen molar-refractivity contribution >= 4 is 6.09 Å². The molecule has 3 rings (SSSR count). The molecule has 1 unspecified atom stereocenters. The molecule has 0 radical (unpaired) electrons. The normalized spacial score (nSPS) is 15.9. The van der Waals surface area contributed by atoms with Gasteiger partial charge in [-0.2, -0.15) is 0 Å². The Kier molecular flexibility index (Phi) is 7.64. The molecule has 1 heterocycles. The fourth-order valence-corrected chi connectivity index (χ4v) is 3.69. The monoisotopic (exact) mass is 442 g/mol. The van der Waals surface area contributed by atoms with E-state index in [0.717, 1.165) is 30.8 Å². The van der Waals surface area contributed by atoms with Gasteiger partial charge in [0.25, 0.3) is 0 Å². The van der Waals surface area contributed by atoms with Gasteiger partial charge in [-0.25, -0.2) is 4.79 Å². The van der Waals surface area contributed by atoms with E-state index in [4.69, 9.17) is 14.2 Å². The van der Waals surface area contributed by atoms with E-state index in [1.807, 2.05) is 51.1 Å². The maximum Gasteiger partial charge on any atom is 0.410 e. The van der Waals surface area contributed by atoms with E-state index in [9.17, 15) is 9.90 Å². The number of ether oxygens (including phenoxy) is 3. The zero-order valence-corrected chi connectivity index (χ0v) is 19.6. The average Bonchev–Trinajstić information content (AvgIpc) is 2.78. The fourth-order valence-electron chi connectivity index (χ4n) is 3.69. The highest BCUT2D eigenvalue weighted by molar-refractivity contribution is 5.68. The van der Waals surface area contributed by atoms with Crippen LogP contribution in [-0.4, -0.2) is 67.0 Å². The second-order valence-corrected chi connectivity index (χ2v) is 9.00. The number of hydrogen-bond acceptors (Lipinski definition) is 6. The Bertz CT molecular complexity index is 900. The van der Waals surface area contributed by atoms with Gasteiger partial charge in [0.2, 0.25) is 0 Å². The van der Waals surface area contributed by atoms with Gasteiger partial charge in [0.1, 0.15) is 11.7 Å². The Hall–Kier alpha value is -2.77. The van der Waals surface area contributed by atoms with Gasteiger partial charge in [-0.05, 0) is 49.6 Å².